The molecule has 3 rings (SSSR count). The average Bonchev–Trinajstić information content (AvgIpc) is 3.11. The van der Waals surface area contributed by atoms with Gasteiger partial charge in [0, 0.05) is 35.7 Å². The Labute approximate surface area is 158 Å². The monoisotopic (exact) mass is 371 g/mol. The maximum absolute atomic E-state index is 9.99. The number of hydrogen-bond acceptors (Lipinski definition) is 5. The zero-order valence-corrected chi connectivity index (χ0v) is 15.5. The summed E-state index contributed by atoms with van der Waals surface area (Å²) in [7, 11) is 0. The zero-order valence-electron chi connectivity index (χ0n) is 14.7. The van der Waals surface area contributed by atoms with Crippen LogP contribution in [0.1, 0.15) is 24.8 Å². The topological polar surface area (TPSA) is 62.4 Å². The molecule has 0 aliphatic carbocycles. The van der Waals surface area contributed by atoms with Gasteiger partial charge in [0.15, 0.2) is 0 Å². The van der Waals surface area contributed by atoms with Crippen LogP contribution in [0, 0.1) is 0 Å². The number of aromatic hydroxyl groups is 1. The second-order valence-corrected chi connectivity index (χ2v) is 6.61. The number of benzene rings is 2. The Balaban J connectivity index is 1.63. The molecule has 0 unspecified atom stereocenters. The summed E-state index contributed by atoms with van der Waals surface area (Å²) in [4.78, 5) is 6.74. The quantitative estimate of drug-likeness (QED) is 0.629. The van der Waals surface area contributed by atoms with E-state index < -0.39 is 0 Å². The lowest BCUT2D eigenvalue weighted by Gasteiger charge is -2.21. The molecule has 0 fully saturated rings. The Hall–Kier alpha value is -2.37. The normalized spacial score (nSPS) is 11.2. The molecule has 6 heteroatoms. The van der Waals surface area contributed by atoms with Crippen LogP contribution in [0.3, 0.4) is 0 Å². The molecule has 1 heterocycles. The van der Waals surface area contributed by atoms with E-state index in [1.807, 2.05) is 42.5 Å². The lowest BCUT2D eigenvalue weighted by Crippen LogP contribution is -2.26. The van der Waals surface area contributed by atoms with E-state index in [2.05, 4.69) is 22.0 Å². The van der Waals surface area contributed by atoms with Crippen LogP contribution in [0.25, 0.3) is 11.4 Å². The third-order valence-electron chi connectivity index (χ3n) is 4.12. The van der Waals surface area contributed by atoms with Gasteiger partial charge in [0.2, 0.25) is 11.7 Å². The van der Waals surface area contributed by atoms with E-state index in [-0.39, 0.29) is 0 Å². The van der Waals surface area contributed by atoms with Gasteiger partial charge in [0.05, 0.1) is 0 Å². The Bertz CT molecular complexity index is 850. The molecule has 1 aromatic heterocycles. The summed E-state index contributed by atoms with van der Waals surface area (Å²) in [6.45, 7) is 4.54. The van der Waals surface area contributed by atoms with Crippen molar-refractivity contribution in [1.29, 1.82) is 0 Å². The summed E-state index contributed by atoms with van der Waals surface area (Å²) in [5, 5.41) is 14.7. The second kappa shape index (κ2) is 8.83. The number of rotatable bonds is 8. The van der Waals surface area contributed by atoms with Crippen LogP contribution < -0.4 is 0 Å². The van der Waals surface area contributed by atoms with E-state index in [0.29, 0.717) is 35.5 Å². The highest BCUT2D eigenvalue weighted by atomic mass is 35.5. The van der Waals surface area contributed by atoms with E-state index in [4.69, 9.17) is 16.1 Å². The molecule has 0 amide bonds. The molecule has 0 saturated carbocycles. The fourth-order valence-electron chi connectivity index (χ4n) is 2.83. The van der Waals surface area contributed by atoms with Crippen molar-refractivity contribution in [1.82, 2.24) is 15.0 Å². The average molecular weight is 372 g/mol. The number of para-hydroxylation sites is 1. The van der Waals surface area contributed by atoms with Gasteiger partial charge in [-0.2, -0.15) is 4.98 Å². The molecule has 0 atom stereocenters. The van der Waals surface area contributed by atoms with Gasteiger partial charge in [-0.25, -0.2) is 0 Å². The summed E-state index contributed by atoms with van der Waals surface area (Å²) in [6.07, 6.45) is 1.69. The zero-order chi connectivity index (χ0) is 18.4. The minimum atomic E-state index is 0.328. The first-order valence-electron chi connectivity index (χ1n) is 8.73. The van der Waals surface area contributed by atoms with Gasteiger partial charge < -0.3 is 9.63 Å². The van der Waals surface area contributed by atoms with Crippen LogP contribution in [0.4, 0.5) is 0 Å². The molecule has 0 bridgehead atoms. The second-order valence-electron chi connectivity index (χ2n) is 6.18. The molecule has 1 N–H and O–H groups in total. The fourth-order valence-corrected chi connectivity index (χ4v) is 3.02. The largest absolute Gasteiger partial charge is 0.508 e. The summed E-state index contributed by atoms with van der Waals surface area (Å²) in [5.74, 6) is 1.47. The summed E-state index contributed by atoms with van der Waals surface area (Å²) < 4.78 is 5.38. The van der Waals surface area contributed by atoms with Crippen molar-refractivity contribution in [2.45, 2.75) is 26.3 Å². The van der Waals surface area contributed by atoms with Gasteiger partial charge in [-0.3, -0.25) is 4.90 Å². The lowest BCUT2D eigenvalue weighted by molar-refractivity contribution is 0.252. The standard InChI is InChI=1S/C20H22ClN3O2/c1-2-11-24(14-16-6-3-4-9-18(16)25)12-10-19-22-20(23-26-19)15-7-5-8-17(21)13-15/h3-9,13,25H,2,10-12,14H2,1H3. The van der Waals surface area contributed by atoms with Gasteiger partial charge in [-0.1, -0.05) is 54.0 Å². The van der Waals surface area contributed by atoms with Crippen molar-refractivity contribution in [3.63, 3.8) is 0 Å². The Morgan fingerprint density at radius 3 is 2.73 bits per heavy atom. The van der Waals surface area contributed by atoms with Gasteiger partial charge >= 0.3 is 0 Å². The minimum absolute atomic E-state index is 0.328. The van der Waals surface area contributed by atoms with Crippen molar-refractivity contribution in [2.24, 2.45) is 0 Å². The summed E-state index contributed by atoms with van der Waals surface area (Å²) in [5.41, 5.74) is 1.76. The molecule has 26 heavy (non-hydrogen) atoms. The molecule has 5 nitrogen and oxygen atoms in total. The third-order valence-corrected chi connectivity index (χ3v) is 4.35. The first-order chi connectivity index (χ1) is 12.7. The van der Waals surface area contributed by atoms with E-state index in [1.165, 1.54) is 0 Å². The van der Waals surface area contributed by atoms with Gasteiger partial charge in [0.25, 0.3) is 0 Å². The van der Waals surface area contributed by atoms with Crippen molar-refractivity contribution in [3.8, 4) is 17.1 Å². The molecule has 0 saturated heterocycles. The maximum Gasteiger partial charge on any atom is 0.228 e. The van der Waals surface area contributed by atoms with Crippen LogP contribution in [0.5, 0.6) is 5.75 Å². The first kappa shape index (κ1) is 18.4. The smallest absolute Gasteiger partial charge is 0.228 e. The number of nitrogens with zero attached hydrogens (tertiary/aromatic N) is 3. The number of hydrogen-bond donors (Lipinski definition) is 1. The highest BCUT2D eigenvalue weighted by Gasteiger charge is 2.12. The van der Waals surface area contributed by atoms with Crippen molar-refractivity contribution >= 4 is 11.6 Å². The number of phenols is 1. The van der Waals surface area contributed by atoms with Crippen molar-refractivity contribution < 1.29 is 9.63 Å². The Kier molecular flexibility index (Phi) is 6.26. The molecular weight excluding hydrogens is 350 g/mol. The van der Waals surface area contributed by atoms with Crippen LogP contribution >= 0.6 is 11.6 Å². The molecule has 0 radical (unpaired) electrons. The fraction of sp³-hybridized carbons (Fsp3) is 0.300. The SMILES string of the molecule is CCCN(CCc1nc(-c2cccc(Cl)c2)no1)Cc1ccccc1O. The van der Waals surface area contributed by atoms with Gasteiger partial charge in [-0.15, -0.1) is 0 Å². The Morgan fingerprint density at radius 2 is 1.96 bits per heavy atom. The predicted octanol–water partition coefficient (Wildman–Crippen LogP) is 4.55. The molecule has 0 aliphatic heterocycles. The molecule has 2 aromatic carbocycles. The number of phenolic OH excluding ortho intramolecular Hbond substituents is 1. The predicted molar refractivity (Wildman–Crippen MR) is 102 cm³/mol. The molecule has 0 aliphatic rings. The maximum atomic E-state index is 9.99. The van der Waals surface area contributed by atoms with Gasteiger partial charge in [-0.05, 0) is 31.2 Å². The van der Waals surface area contributed by atoms with Crippen LogP contribution in [-0.2, 0) is 13.0 Å². The summed E-state index contributed by atoms with van der Waals surface area (Å²) in [6, 6.07) is 14.8. The van der Waals surface area contributed by atoms with E-state index in [0.717, 1.165) is 30.6 Å². The highest BCUT2D eigenvalue weighted by molar-refractivity contribution is 6.30. The minimum Gasteiger partial charge on any atom is -0.508 e. The van der Waals surface area contributed by atoms with E-state index >= 15 is 0 Å². The number of halogens is 1. The van der Waals surface area contributed by atoms with Crippen LogP contribution in [0.15, 0.2) is 53.1 Å². The van der Waals surface area contributed by atoms with Crippen molar-refractivity contribution in [2.75, 3.05) is 13.1 Å². The van der Waals surface area contributed by atoms with E-state index in [9.17, 15) is 5.11 Å². The van der Waals surface area contributed by atoms with E-state index in [1.54, 1.807) is 6.07 Å². The van der Waals surface area contributed by atoms with Gasteiger partial charge in [0.1, 0.15) is 5.75 Å². The van der Waals surface area contributed by atoms with Crippen molar-refractivity contribution in [3.05, 3.63) is 65.0 Å². The molecule has 3 aromatic rings. The summed E-state index contributed by atoms with van der Waals surface area (Å²) >= 11 is 6.02. The highest BCUT2D eigenvalue weighted by Crippen LogP contribution is 2.21. The molecular formula is C20H22ClN3O2. The molecule has 136 valence electrons. The van der Waals surface area contributed by atoms with Crippen LogP contribution in [-0.4, -0.2) is 33.2 Å². The lowest BCUT2D eigenvalue weighted by atomic mass is 10.2. The third kappa shape index (κ3) is 4.84. The van der Waals surface area contributed by atoms with Crippen LogP contribution in [0.2, 0.25) is 5.02 Å². The first-order valence-corrected chi connectivity index (χ1v) is 9.11. The Morgan fingerprint density at radius 1 is 1.12 bits per heavy atom. The molecule has 0 spiro atoms. The number of aromatic nitrogens is 2.